The Bertz CT molecular complexity index is 606. The second kappa shape index (κ2) is 6.48. The van der Waals surface area contributed by atoms with Gasteiger partial charge in [-0.05, 0) is 54.6 Å². The number of thioether (sulfide) groups is 1. The summed E-state index contributed by atoms with van der Waals surface area (Å²) in [5.74, 6) is -0.212. The van der Waals surface area contributed by atoms with Gasteiger partial charge in [-0.15, -0.1) is 11.8 Å². The van der Waals surface area contributed by atoms with Gasteiger partial charge in [-0.2, -0.15) is 0 Å². The van der Waals surface area contributed by atoms with Crippen LogP contribution in [0.2, 0.25) is 0 Å². The molecule has 3 nitrogen and oxygen atoms in total. The Hall–Kier alpha value is -1.94. The van der Waals surface area contributed by atoms with Crippen molar-refractivity contribution in [3.63, 3.8) is 0 Å². The minimum absolute atomic E-state index is 0.277. The zero-order valence-corrected chi connectivity index (χ0v) is 12.2. The first kappa shape index (κ1) is 14.5. The molecule has 0 aliphatic carbocycles. The number of carboxylic acid groups (broad SMARTS) is 1. The number of rotatable bonds is 5. The van der Waals surface area contributed by atoms with Crippen molar-refractivity contribution in [1.29, 1.82) is 0 Å². The predicted octanol–water partition coefficient (Wildman–Crippen LogP) is 3.99. The van der Waals surface area contributed by atoms with Gasteiger partial charge in [-0.25, -0.2) is 4.79 Å². The number of carboxylic acids is 1. The lowest BCUT2D eigenvalue weighted by atomic mass is 10.1. The van der Waals surface area contributed by atoms with Crippen LogP contribution < -0.4 is 4.74 Å². The molecule has 0 aliphatic heterocycles. The fourth-order valence-corrected chi connectivity index (χ4v) is 2.24. The molecule has 0 aliphatic rings. The fourth-order valence-electron chi connectivity index (χ4n) is 1.83. The number of aryl methyl sites for hydroxylation is 1. The summed E-state index contributed by atoms with van der Waals surface area (Å²) in [6.45, 7) is 2.32. The van der Waals surface area contributed by atoms with Crippen LogP contribution in [0.3, 0.4) is 0 Å². The lowest BCUT2D eigenvalue weighted by molar-refractivity contribution is 0.0696. The van der Waals surface area contributed by atoms with Crippen LogP contribution in [0.15, 0.2) is 47.4 Å². The smallest absolute Gasteiger partial charge is 0.335 e. The van der Waals surface area contributed by atoms with Crippen molar-refractivity contribution in [3.05, 3.63) is 59.2 Å². The molecule has 0 aromatic heterocycles. The average Bonchev–Trinajstić information content (AvgIpc) is 2.46. The lowest BCUT2D eigenvalue weighted by Crippen LogP contribution is -2.00. The van der Waals surface area contributed by atoms with E-state index in [-0.39, 0.29) is 5.56 Å². The molecule has 2 aromatic carbocycles. The Morgan fingerprint density at radius 3 is 2.45 bits per heavy atom. The SMILES string of the molecule is CSc1ccc(COc2ccc(C(=O)O)cc2C)cc1. The molecule has 0 saturated carbocycles. The summed E-state index contributed by atoms with van der Waals surface area (Å²) in [5, 5.41) is 8.91. The molecule has 4 heteroatoms. The maximum absolute atomic E-state index is 10.9. The van der Waals surface area contributed by atoms with E-state index in [1.54, 1.807) is 30.0 Å². The third-order valence-electron chi connectivity index (χ3n) is 2.98. The van der Waals surface area contributed by atoms with E-state index >= 15 is 0 Å². The van der Waals surface area contributed by atoms with Gasteiger partial charge in [-0.3, -0.25) is 0 Å². The Morgan fingerprint density at radius 2 is 1.90 bits per heavy atom. The zero-order valence-electron chi connectivity index (χ0n) is 11.4. The molecule has 0 heterocycles. The molecule has 0 spiro atoms. The van der Waals surface area contributed by atoms with Crippen LogP contribution >= 0.6 is 11.8 Å². The Balaban J connectivity index is 2.04. The highest BCUT2D eigenvalue weighted by atomic mass is 32.2. The normalized spacial score (nSPS) is 10.3. The summed E-state index contributed by atoms with van der Waals surface area (Å²) < 4.78 is 5.73. The summed E-state index contributed by atoms with van der Waals surface area (Å²) in [4.78, 5) is 12.1. The van der Waals surface area contributed by atoms with Gasteiger partial charge in [-0.1, -0.05) is 12.1 Å². The monoisotopic (exact) mass is 288 g/mol. The molecule has 0 saturated heterocycles. The first-order valence-corrected chi connectivity index (χ1v) is 7.42. The second-order valence-electron chi connectivity index (χ2n) is 4.42. The van der Waals surface area contributed by atoms with Crippen LogP contribution in [0.25, 0.3) is 0 Å². The van der Waals surface area contributed by atoms with Crippen molar-refractivity contribution in [1.82, 2.24) is 0 Å². The molecule has 2 aromatic rings. The van der Waals surface area contributed by atoms with Crippen molar-refractivity contribution in [3.8, 4) is 5.75 Å². The van der Waals surface area contributed by atoms with Crippen LogP contribution in [0.5, 0.6) is 5.75 Å². The van der Waals surface area contributed by atoms with Crippen LogP contribution in [0.1, 0.15) is 21.5 Å². The number of benzene rings is 2. The first-order valence-electron chi connectivity index (χ1n) is 6.20. The minimum atomic E-state index is -0.924. The third-order valence-corrected chi connectivity index (χ3v) is 3.72. The molecular weight excluding hydrogens is 272 g/mol. The van der Waals surface area contributed by atoms with Crippen molar-refractivity contribution in [2.75, 3.05) is 6.26 Å². The van der Waals surface area contributed by atoms with Gasteiger partial charge in [0.15, 0.2) is 0 Å². The van der Waals surface area contributed by atoms with Crippen LogP contribution in [-0.4, -0.2) is 17.3 Å². The molecule has 0 fully saturated rings. The highest BCUT2D eigenvalue weighted by Crippen LogP contribution is 2.21. The lowest BCUT2D eigenvalue weighted by Gasteiger charge is -2.10. The van der Waals surface area contributed by atoms with Crippen molar-refractivity contribution >= 4 is 17.7 Å². The number of carbonyl (C=O) groups is 1. The number of ether oxygens (including phenoxy) is 1. The van der Waals surface area contributed by atoms with E-state index in [0.717, 1.165) is 11.1 Å². The fraction of sp³-hybridized carbons (Fsp3) is 0.188. The molecule has 0 radical (unpaired) electrons. The summed E-state index contributed by atoms with van der Waals surface area (Å²) >= 11 is 1.70. The van der Waals surface area contributed by atoms with Crippen LogP contribution in [0, 0.1) is 6.92 Å². The molecule has 20 heavy (non-hydrogen) atoms. The van der Waals surface area contributed by atoms with Crippen LogP contribution in [-0.2, 0) is 6.61 Å². The van der Waals surface area contributed by atoms with Gasteiger partial charge < -0.3 is 9.84 Å². The highest BCUT2D eigenvalue weighted by Gasteiger charge is 2.06. The summed E-state index contributed by atoms with van der Waals surface area (Å²) in [6.07, 6.45) is 2.04. The molecular formula is C16H16O3S. The first-order chi connectivity index (χ1) is 9.60. The standard InChI is InChI=1S/C16H16O3S/c1-11-9-13(16(17)18)5-8-15(11)19-10-12-3-6-14(20-2)7-4-12/h3-9H,10H2,1-2H3,(H,17,18). The topological polar surface area (TPSA) is 46.5 Å². The van der Waals surface area contributed by atoms with E-state index < -0.39 is 5.97 Å². The molecule has 2 rings (SSSR count). The summed E-state index contributed by atoms with van der Waals surface area (Å²) in [6, 6.07) is 13.1. The van der Waals surface area contributed by atoms with E-state index in [2.05, 4.69) is 12.1 Å². The van der Waals surface area contributed by atoms with Gasteiger partial charge in [0, 0.05) is 4.90 Å². The summed E-state index contributed by atoms with van der Waals surface area (Å²) in [7, 11) is 0. The number of hydrogen-bond acceptors (Lipinski definition) is 3. The zero-order chi connectivity index (χ0) is 14.5. The maximum Gasteiger partial charge on any atom is 0.335 e. The molecule has 0 unspecified atom stereocenters. The number of aromatic carboxylic acids is 1. The van der Waals surface area contributed by atoms with Gasteiger partial charge in [0.1, 0.15) is 12.4 Å². The summed E-state index contributed by atoms with van der Waals surface area (Å²) in [5.41, 5.74) is 2.19. The second-order valence-corrected chi connectivity index (χ2v) is 5.30. The van der Waals surface area contributed by atoms with E-state index in [9.17, 15) is 4.79 Å². The van der Waals surface area contributed by atoms with Crippen molar-refractivity contribution < 1.29 is 14.6 Å². The quantitative estimate of drug-likeness (QED) is 0.845. The van der Waals surface area contributed by atoms with E-state index in [4.69, 9.17) is 9.84 Å². The Morgan fingerprint density at radius 1 is 1.20 bits per heavy atom. The molecule has 104 valence electrons. The Labute approximate surface area is 122 Å². The van der Waals surface area contributed by atoms with Crippen LogP contribution in [0.4, 0.5) is 0 Å². The number of hydrogen-bond donors (Lipinski definition) is 1. The van der Waals surface area contributed by atoms with E-state index in [1.165, 1.54) is 4.90 Å². The van der Waals surface area contributed by atoms with Gasteiger partial charge >= 0.3 is 5.97 Å². The van der Waals surface area contributed by atoms with E-state index in [1.807, 2.05) is 25.3 Å². The van der Waals surface area contributed by atoms with Gasteiger partial charge in [0.2, 0.25) is 0 Å². The Kier molecular flexibility index (Phi) is 4.69. The van der Waals surface area contributed by atoms with E-state index in [0.29, 0.717) is 12.4 Å². The third kappa shape index (κ3) is 3.54. The minimum Gasteiger partial charge on any atom is -0.489 e. The maximum atomic E-state index is 10.9. The molecule has 0 bridgehead atoms. The largest absolute Gasteiger partial charge is 0.489 e. The average molecular weight is 288 g/mol. The van der Waals surface area contributed by atoms with Gasteiger partial charge in [0.25, 0.3) is 0 Å². The molecule has 1 N–H and O–H groups in total. The van der Waals surface area contributed by atoms with Gasteiger partial charge in [0.05, 0.1) is 5.56 Å². The molecule has 0 amide bonds. The highest BCUT2D eigenvalue weighted by molar-refractivity contribution is 7.98. The predicted molar refractivity (Wildman–Crippen MR) is 80.7 cm³/mol. The molecule has 0 atom stereocenters. The van der Waals surface area contributed by atoms with Crippen molar-refractivity contribution in [2.24, 2.45) is 0 Å². The van der Waals surface area contributed by atoms with Crippen molar-refractivity contribution in [2.45, 2.75) is 18.4 Å².